The first-order valence-electron chi connectivity index (χ1n) is 25.9. The fraction of sp³-hybridized carbons (Fsp3) is 0.833. The van der Waals surface area contributed by atoms with Crippen molar-refractivity contribution in [1.29, 1.82) is 0 Å². The number of rotatable bonds is 45. The molecule has 4 nitrogen and oxygen atoms in total. The van der Waals surface area contributed by atoms with Crippen molar-refractivity contribution in [1.82, 2.24) is 0 Å². The van der Waals surface area contributed by atoms with E-state index in [9.17, 15) is 19.5 Å². The van der Waals surface area contributed by atoms with Gasteiger partial charge in [0.05, 0.1) is 11.1 Å². The zero-order chi connectivity index (χ0) is 42.2. The minimum absolute atomic E-state index is 0.0203. The number of hydrogen-bond donors (Lipinski definition) is 1. The maximum atomic E-state index is 13.5. The predicted molar refractivity (Wildman–Crippen MR) is 252 cm³/mol. The highest BCUT2D eigenvalue weighted by atomic mass is 16.3. The van der Waals surface area contributed by atoms with Crippen molar-refractivity contribution in [3.63, 3.8) is 0 Å². The van der Waals surface area contributed by atoms with E-state index in [1.54, 1.807) is 12.1 Å². The molecule has 1 aromatic carbocycles. The highest BCUT2D eigenvalue weighted by Gasteiger charge is 2.22. The second-order valence-corrected chi connectivity index (χ2v) is 18.2. The van der Waals surface area contributed by atoms with Crippen molar-refractivity contribution in [2.75, 3.05) is 0 Å². The number of hydrogen-bond acceptors (Lipinski definition) is 4. The summed E-state index contributed by atoms with van der Waals surface area (Å²) in [6.07, 6.45) is 49.7. The van der Waals surface area contributed by atoms with Gasteiger partial charge in [-0.3, -0.25) is 14.4 Å². The second-order valence-electron chi connectivity index (χ2n) is 18.2. The van der Waals surface area contributed by atoms with E-state index >= 15 is 0 Å². The van der Waals surface area contributed by atoms with E-state index in [2.05, 4.69) is 20.8 Å². The van der Waals surface area contributed by atoms with E-state index in [1.165, 1.54) is 193 Å². The molecular weight excluding hydrogens is 713 g/mol. The lowest BCUT2D eigenvalue weighted by Crippen LogP contribution is -2.10. The lowest BCUT2D eigenvalue weighted by molar-refractivity contribution is 0.0974. The van der Waals surface area contributed by atoms with E-state index < -0.39 is 0 Å². The van der Waals surface area contributed by atoms with Crippen molar-refractivity contribution in [2.45, 2.75) is 290 Å². The zero-order valence-corrected chi connectivity index (χ0v) is 39.0. The van der Waals surface area contributed by atoms with Crippen LogP contribution in [0.15, 0.2) is 12.1 Å². The topological polar surface area (TPSA) is 71.4 Å². The van der Waals surface area contributed by atoms with Gasteiger partial charge >= 0.3 is 0 Å². The molecular formula is C54H96O4. The largest absolute Gasteiger partial charge is 0.506 e. The van der Waals surface area contributed by atoms with Crippen molar-refractivity contribution in [3.05, 3.63) is 28.8 Å². The van der Waals surface area contributed by atoms with Gasteiger partial charge in [-0.15, -0.1) is 0 Å². The fourth-order valence-electron chi connectivity index (χ4n) is 8.54. The summed E-state index contributed by atoms with van der Waals surface area (Å²) in [7, 11) is 0. The normalized spacial score (nSPS) is 11.4. The van der Waals surface area contributed by atoms with Crippen LogP contribution in [0.4, 0.5) is 0 Å². The molecule has 4 heteroatoms. The first-order chi connectivity index (χ1) is 28.5. The molecule has 0 radical (unpaired) electrons. The predicted octanol–water partition coefficient (Wildman–Crippen LogP) is 18.4. The summed E-state index contributed by atoms with van der Waals surface area (Å²) in [5.74, 6) is -0.526. The first kappa shape index (κ1) is 54.0. The van der Waals surface area contributed by atoms with Crippen LogP contribution >= 0.6 is 0 Å². The number of carbonyl (C=O) groups is 3. The van der Waals surface area contributed by atoms with Crippen molar-refractivity contribution >= 4 is 17.3 Å². The number of Topliss-reactive ketones (excluding diaryl/α,β-unsaturated/α-hetero) is 3. The molecule has 0 saturated heterocycles. The summed E-state index contributed by atoms with van der Waals surface area (Å²) in [5, 5.41) is 11.3. The Hall–Kier alpha value is -1.97. The number of phenols is 1. The second kappa shape index (κ2) is 40.4. The minimum atomic E-state index is -0.211. The van der Waals surface area contributed by atoms with Crippen LogP contribution in [0.25, 0.3) is 0 Å². The van der Waals surface area contributed by atoms with E-state index in [0.29, 0.717) is 24.8 Å². The molecule has 0 spiro atoms. The third-order valence-corrected chi connectivity index (χ3v) is 12.6. The third-order valence-electron chi connectivity index (χ3n) is 12.6. The quantitative estimate of drug-likeness (QED) is 0.0526. The van der Waals surface area contributed by atoms with Gasteiger partial charge in [0.25, 0.3) is 0 Å². The molecule has 0 bridgehead atoms. The van der Waals surface area contributed by atoms with Crippen LogP contribution < -0.4 is 0 Å². The molecule has 1 rings (SSSR count). The van der Waals surface area contributed by atoms with Gasteiger partial charge in [-0.25, -0.2) is 0 Å². The van der Waals surface area contributed by atoms with Crippen molar-refractivity contribution < 1.29 is 19.5 Å². The van der Waals surface area contributed by atoms with E-state index in [0.717, 1.165) is 57.8 Å². The molecule has 0 aliphatic rings. The van der Waals surface area contributed by atoms with Crippen LogP contribution in [-0.2, 0) is 0 Å². The molecule has 0 amide bonds. The molecule has 0 atom stereocenters. The number of ketones is 3. The van der Waals surface area contributed by atoms with Gasteiger partial charge in [-0.2, -0.15) is 0 Å². The Balaban J connectivity index is 2.58. The number of aromatic hydroxyl groups is 1. The minimum Gasteiger partial charge on any atom is -0.506 e. The molecule has 0 heterocycles. The van der Waals surface area contributed by atoms with Gasteiger partial charge in [0.15, 0.2) is 17.3 Å². The van der Waals surface area contributed by atoms with Crippen LogP contribution in [0.1, 0.15) is 322 Å². The number of phenolic OH excluding ortho intramolecular Hbond substituents is 1. The van der Waals surface area contributed by atoms with Gasteiger partial charge in [-0.1, -0.05) is 252 Å². The highest BCUT2D eigenvalue weighted by molar-refractivity contribution is 6.09. The molecule has 0 saturated carbocycles. The Morgan fingerprint density at radius 1 is 0.310 bits per heavy atom. The van der Waals surface area contributed by atoms with Crippen LogP contribution in [0, 0.1) is 0 Å². The van der Waals surface area contributed by atoms with Crippen LogP contribution in [0.2, 0.25) is 0 Å². The molecule has 0 fully saturated rings. The number of benzene rings is 1. The monoisotopic (exact) mass is 809 g/mol. The Morgan fingerprint density at radius 3 is 0.724 bits per heavy atom. The molecule has 0 aliphatic carbocycles. The SMILES string of the molecule is CCCCCCCCCCCCCCCC(=O)c1cc(C(=O)CCCCCCCCCCCCCCC)c(O)c(C(=O)CCCCCCCCCCCCCCC)c1. The molecule has 0 unspecified atom stereocenters. The molecule has 1 N–H and O–H groups in total. The summed E-state index contributed by atoms with van der Waals surface area (Å²) in [5.41, 5.74) is 0.756. The first-order valence-corrected chi connectivity index (χ1v) is 25.9. The average Bonchev–Trinajstić information content (AvgIpc) is 3.22. The molecule has 0 aliphatic heterocycles. The number of carbonyl (C=O) groups excluding carboxylic acids is 3. The van der Waals surface area contributed by atoms with Gasteiger partial charge in [0.1, 0.15) is 5.75 Å². The summed E-state index contributed by atoms with van der Waals surface area (Å²) >= 11 is 0. The van der Waals surface area contributed by atoms with Crippen LogP contribution in [0.5, 0.6) is 5.75 Å². The van der Waals surface area contributed by atoms with Crippen LogP contribution in [-0.4, -0.2) is 22.5 Å². The maximum absolute atomic E-state index is 13.5. The lowest BCUT2D eigenvalue weighted by Gasteiger charge is -2.12. The van der Waals surface area contributed by atoms with Gasteiger partial charge in [0, 0.05) is 24.8 Å². The summed E-state index contributed by atoms with van der Waals surface area (Å²) in [4.78, 5) is 40.5. The van der Waals surface area contributed by atoms with Crippen LogP contribution in [0.3, 0.4) is 0 Å². The Kier molecular flexibility index (Phi) is 37.7. The van der Waals surface area contributed by atoms with Gasteiger partial charge in [-0.05, 0) is 31.4 Å². The van der Waals surface area contributed by atoms with E-state index in [-0.39, 0.29) is 34.2 Å². The third kappa shape index (κ3) is 30.1. The number of unbranched alkanes of at least 4 members (excludes halogenated alkanes) is 36. The van der Waals surface area contributed by atoms with Crippen molar-refractivity contribution in [3.8, 4) is 5.75 Å². The standard InChI is InChI=1S/C54H96O4/c1-4-7-10-13-16-19-22-25-28-31-34-37-40-43-51(55)48-46-49(52(56)44-41-38-35-32-29-26-23-20-17-14-11-8-5-2)54(58)50(47-48)53(57)45-42-39-36-33-30-27-24-21-18-15-12-9-6-3/h46-47,58H,4-45H2,1-3H3. The molecule has 58 heavy (non-hydrogen) atoms. The Labute approximate surface area is 360 Å². The smallest absolute Gasteiger partial charge is 0.166 e. The zero-order valence-electron chi connectivity index (χ0n) is 39.0. The molecule has 336 valence electrons. The fourth-order valence-corrected chi connectivity index (χ4v) is 8.54. The highest BCUT2D eigenvalue weighted by Crippen LogP contribution is 2.30. The summed E-state index contributed by atoms with van der Waals surface area (Å²) in [6.45, 7) is 6.80. The molecule has 0 aromatic heterocycles. The Bertz CT molecular complexity index is 1060. The maximum Gasteiger partial charge on any atom is 0.166 e. The lowest BCUT2D eigenvalue weighted by atomic mass is 9.92. The van der Waals surface area contributed by atoms with Gasteiger partial charge < -0.3 is 5.11 Å². The average molecular weight is 809 g/mol. The Morgan fingerprint density at radius 2 is 0.500 bits per heavy atom. The van der Waals surface area contributed by atoms with E-state index in [4.69, 9.17) is 0 Å². The van der Waals surface area contributed by atoms with Crippen molar-refractivity contribution in [2.24, 2.45) is 0 Å². The van der Waals surface area contributed by atoms with E-state index in [1.807, 2.05) is 0 Å². The summed E-state index contributed by atoms with van der Waals surface area (Å²) in [6, 6.07) is 3.18. The van der Waals surface area contributed by atoms with Gasteiger partial charge in [0.2, 0.25) is 0 Å². The molecule has 1 aromatic rings. The summed E-state index contributed by atoms with van der Waals surface area (Å²) < 4.78 is 0.